The summed E-state index contributed by atoms with van der Waals surface area (Å²) < 4.78 is 25.9. The number of rotatable bonds is 3. The van der Waals surface area contributed by atoms with Gasteiger partial charge in [0.25, 0.3) is 0 Å². The van der Waals surface area contributed by atoms with Gasteiger partial charge < -0.3 is 0 Å². The van der Waals surface area contributed by atoms with Crippen molar-refractivity contribution in [2.75, 3.05) is 0 Å². The molecule has 0 amide bonds. The Balaban J connectivity index is 3.01. The molecule has 1 atom stereocenters. The van der Waals surface area contributed by atoms with Gasteiger partial charge in [-0.3, -0.25) is 9.59 Å². The number of hydrogen-bond acceptors (Lipinski definition) is 2. The Morgan fingerprint density at radius 2 is 1.86 bits per heavy atom. The highest BCUT2D eigenvalue weighted by Crippen LogP contribution is 2.11. The van der Waals surface area contributed by atoms with Gasteiger partial charge in [0.2, 0.25) is 12.0 Å². The first-order valence-electron chi connectivity index (χ1n) is 3.97. The van der Waals surface area contributed by atoms with Gasteiger partial charge in [-0.1, -0.05) is 12.1 Å². The summed E-state index contributed by atoms with van der Waals surface area (Å²) in [5, 5.41) is 0. The average molecular weight is 198 g/mol. The number of benzene rings is 1. The third-order valence-corrected chi connectivity index (χ3v) is 1.73. The standard InChI is InChI=1S/C10H8F2O2/c1-6(13)9(12)10(14)7-4-2-3-5-8(7)11/h2-5,9H,1H3. The SMILES string of the molecule is CC(=O)C(F)C(=O)c1ccccc1F. The summed E-state index contributed by atoms with van der Waals surface area (Å²) in [6, 6.07) is 4.98. The van der Waals surface area contributed by atoms with Crippen molar-refractivity contribution in [3.05, 3.63) is 35.6 Å². The topological polar surface area (TPSA) is 34.1 Å². The average Bonchev–Trinajstić information content (AvgIpc) is 2.16. The molecule has 0 aliphatic rings. The fraction of sp³-hybridized carbons (Fsp3) is 0.200. The Hall–Kier alpha value is -1.58. The summed E-state index contributed by atoms with van der Waals surface area (Å²) in [6.45, 7) is 0.948. The summed E-state index contributed by atoms with van der Waals surface area (Å²) in [5.41, 5.74) is -0.393. The molecule has 0 aromatic heterocycles. The molecule has 0 aliphatic heterocycles. The molecule has 1 aromatic rings. The Morgan fingerprint density at radius 3 is 2.36 bits per heavy atom. The first-order valence-corrected chi connectivity index (χ1v) is 3.97. The predicted octanol–water partition coefficient (Wildman–Crippen LogP) is 1.94. The number of carbonyl (C=O) groups excluding carboxylic acids is 2. The van der Waals surface area contributed by atoms with E-state index in [-0.39, 0.29) is 0 Å². The fourth-order valence-corrected chi connectivity index (χ4v) is 0.982. The van der Waals surface area contributed by atoms with E-state index in [9.17, 15) is 18.4 Å². The quantitative estimate of drug-likeness (QED) is 0.549. The van der Waals surface area contributed by atoms with Gasteiger partial charge in [0.05, 0.1) is 5.56 Å². The van der Waals surface area contributed by atoms with E-state index in [2.05, 4.69) is 0 Å². The van der Waals surface area contributed by atoms with Crippen LogP contribution in [0, 0.1) is 5.82 Å². The van der Waals surface area contributed by atoms with E-state index in [1.54, 1.807) is 0 Å². The van der Waals surface area contributed by atoms with Gasteiger partial charge in [-0.2, -0.15) is 0 Å². The normalized spacial score (nSPS) is 12.2. The molecule has 1 rings (SSSR count). The molecule has 0 aliphatic carbocycles. The molecule has 0 saturated carbocycles. The number of halogens is 2. The lowest BCUT2D eigenvalue weighted by molar-refractivity contribution is -0.120. The van der Waals surface area contributed by atoms with Crippen LogP contribution in [0.2, 0.25) is 0 Å². The molecule has 0 N–H and O–H groups in total. The van der Waals surface area contributed by atoms with E-state index >= 15 is 0 Å². The van der Waals surface area contributed by atoms with Gasteiger partial charge in [-0.05, 0) is 19.1 Å². The second kappa shape index (κ2) is 4.09. The minimum atomic E-state index is -2.27. The van der Waals surface area contributed by atoms with Crippen LogP contribution in [0.3, 0.4) is 0 Å². The zero-order valence-electron chi connectivity index (χ0n) is 7.46. The van der Waals surface area contributed by atoms with Gasteiger partial charge in [-0.15, -0.1) is 0 Å². The maximum Gasteiger partial charge on any atom is 0.220 e. The van der Waals surface area contributed by atoms with Crippen LogP contribution in [-0.4, -0.2) is 17.7 Å². The molecule has 14 heavy (non-hydrogen) atoms. The molecule has 0 saturated heterocycles. The van der Waals surface area contributed by atoms with Crippen LogP contribution in [0.25, 0.3) is 0 Å². The number of ketones is 2. The highest BCUT2D eigenvalue weighted by molar-refractivity contribution is 6.12. The fourth-order valence-electron chi connectivity index (χ4n) is 0.982. The maximum absolute atomic E-state index is 13.0. The molecule has 0 fully saturated rings. The monoisotopic (exact) mass is 198 g/mol. The lowest BCUT2D eigenvalue weighted by Crippen LogP contribution is -2.24. The Kier molecular flexibility index (Phi) is 3.06. The molecule has 0 bridgehead atoms. The molecular formula is C10H8F2O2. The third-order valence-electron chi connectivity index (χ3n) is 1.73. The molecule has 0 radical (unpaired) electrons. The van der Waals surface area contributed by atoms with Crippen LogP contribution in [0.5, 0.6) is 0 Å². The van der Waals surface area contributed by atoms with Crippen molar-refractivity contribution in [2.45, 2.75) is 13.1 Å². The summed E-state index contributed by atoms with van der Waals surface area (Å²) in [6.07, 6.45) is -2.27. The van der Waals surface area contributed by atoms with E-state index in [1.807, 2.05) is 0 Å². The van der Waals surface area contributed by atoms with E-state index in [0.29, 0.717) is 0 Å². The van der Waals surface area contributed by atoms with Crippen molar-refractivity contribution >= 4 is 11.6 Å². The zero-order chi connectivity index (χ0) is 10.7. The highest BCUT2D eigenvalue weighted by Gasteiger charge is 2.25. The van der Waals surface area contributed by atoms with E-state index in [1.165, 1.54) is 12.1 Å². The van der Waals surface area contributed by atoms with Gasteiger partial charge >= 0.3 is 0 Å². The van der Waals surface area contributed by atoms with Gasteiger partial charge in [-0.25, -0.2) is 8.78 Å². The highest BCUT2D eigenvalue weighted by atomic mass is 19.1. The van der Waals surface area contributed by atoms with Crippen molar-refractivity contribution < 1.29 is 18.4 Å². The maximum atomic E-state index is 13.0. The minimum absolute atomic E-state index is 0.393. The van der Waals surface area contributed by atoms with Crippen LogP contribution >= 0.6 is 0 Å². The number of Topliss-reactive ketones (excluding diaryl/α,β-unsaturated/α-hetero) is 2. The molecule has 2 nitrogen and oxygen atoms in total. The minimum Gasteiger partial charge on any atom is -0.296 e. The first-order chi connectivity index (χ1) is 6.54. The van der Waals surface area contributed by atoms with Crippen LogP contribution < -0.4 is 0 Å². The molecule has 0 spiro atoms. The van der Waals surface area contributed by atoms with E-state index < -0.39 is 29.1 Å². The molecule has 4 heteroatoms. The molecular weight excluding hydrogens is 190 g/mol. The Bertz CT molecular complexity index is 374. The second-order valence-electron chi connectivity index (χ2n) is 2.82. The smallest absolute Gasteiger partial charge is 0.220 e. The molecule has 1 unspecified atom stereocenters. The first kappa shape index (κ1) is 10.5. The van der Waals surface area contributed by atoms with Crippen LogP contribution in [0.4, 0.5) is 8.78 Å². The van der Waals surface area contributed by atoms with Crippen molar-refractivity contribution in [3.63, 3.8) is 0 Å². The Labute approximate surface area is 79.5 Å². The van der Waals surface area contributed by atoms with E-state index in [4.69, 9.17) is 0 Å². The largest absolute Gasteiger partial charge is 0.296 e. The lowest BCUT2D eigenvalue weighted by atomic mass is 10.0. The van der Waals surface area contributed by atoms with Crippen molar-refractivity contribution in [1.29, 1.82) is 0 Å². The Morgan fingerprint density at radius 1 is 1.29 bits per heavy atom. The number of hydrogen-bond donors (Lipinski definition) is 0. The van der Waals surface area contributed by atoms with Gasteiger partial charge in [0.15, 0.2) is 5.78 Å². The molecule has 74 valence electrons. The summed E-state index contributed by atoms with van der Waals surface area (Å²) >= 11 is 0. The number of carbonyl (C=O) groups is 2. The molecule has 0 heterocycles. The zero-order valence-corrected chi connectivity index (χ0v) is 7.46. The van der Waals surface area contributed by atoms with Crippen molar-refractivity contribution in [2.24, 2.45) is 0 Å². The predicted molar refractivity (Wildman–Crippen MR) is 46.3 cm³/mol. The van der Waals surface area contributed by atoms with Crippen LogP contribution in [-0.2, 0) is 4.79 Å². The van der Waals surface area contributed by atoms with Crippen molar-refractivity contribution in [1.82, 2.24) is 0 Å². The second-order valence-corrected chi connectivity index (χ2v) is 2.82. The summed E-state index contributed by atoms with van der Waals surface area (Å²) in [5.74, 6) is -2.87. The van der Waals surface area contributed by atoms with Crippen LogP contribution in [0.1, 0.15) is 17.3 Å². The third kappa shape index (κ3) is 2.02. The lowest BCUT2D eigenvalue weighted by Gasteiger charge is -2.03. The van der Waals surface area contributed by atoms with E-state index in [0.717, 1.165) is 19.1 Å². The molecule has 1 aromatic carbocycles. The number of alkyl halides is 1. The van der Waals surface area contributed by atoms with Crippen molar-refractivity contribution in [3.8, 4) is 0 Å². The summed E-state index contributed by atoms with van der Waals surface area (Å²) in [4.78, 5) is 21.7. The van der Waals surface area contributed by atoms with Gasteiger partial charge in [0, 0.05) is 0 Å². The van der Waals surface area contributed by atoms with Gasteiger partial charge in [0.1, 0.15) is 5.82 Å². The van der Waals surface area contributed by atoms with Crippen LogP contribution in [0.15, 0.2) is 24.3 Å². The summed E-state index contributed by atoms with van der Waals surface area (Å²) in [7, 11) is 0.